The van der Waals surface area contributed by atoms with E-state index in [0.29, 0.717) is 0 Å². The molecule has 1 aliphatic rings. The number of hydrogen-bond acceptors (Lipinski definition) is 3. The van der Waals surface area contributed by atoms with Crippen LogP contribution in [0.2, 0.25) is 0 Å². The van der Waals surface area contributed by atoms with Gasteiger partial charge in [0, 0.05) is 50.0 Å². The lowest BCUT2D eigenvalue weighted by Gasteiger charge is -2.36. The number of anilines is 1. The Morgan fingerprint density at radius 3 is 2.16 bits per heavy atom. The zero-order valence-electron chi connectivity index (χ0n) is 18.9. The van der Waals surface area contributed by atoms with Crippen LogP contribution < -0.4 is 4.90 Å². The van der Waals surface area contributed by atoms with Crippen LogP contribution in [0.1, 0.15) is 53.7 Å². The van der Waals surface area contributed by atoms with Crippen LogP contribution in [-0.2, 0) is 6.42 Å². The van der Waals surface area contributed by atoms with Crippen LogP contribution >= 0.6 is 0 Å². The van der Waals surface area contributed by atoms with E-state index in [-0.39, 0.29) is 14.9 Å². The zero-order chi connectivity index (χ0) is 21.1. The van der Waals surface area contributed by atoms with Crippen LogP contribution in [0, 0.1) is 6.92 Å². The second-order valence-corrected chi connectivity index (χ2v) is 6.91. The highest BCUT2D eigenvalue weighted by molar-refractivity contribution is 5.91. The summed E-state index contributed by atoms with van der Waals surface area (Å²) in [4.78, 5) is 9.58. The van der Waals surface area contributed by atoms with Crippen molar-refractivity contribution >= 4 is 16.6 Å². The summed E-state index contributed by atoms with van der Waals surface area (Å²) >= 11 is 0. The Balaban J connectivity index is 0.00000142. The van der Waals surface area contributed by atoms with Gasteiger partial charge >= 0.3 is 0 Å². The average molecular weight is 424 g/mol. The fourth-order valence-electron chi connectivity index (χ4n) is 3.73. The van der Waals surface area contributed by atoms with Crippen LogP contribution in [0.15, 0.2) is 60.8 Å². The predicted molar refractivity (Wildman–Crippen MR) is 141 cm³/mol. The van der Waals surface area contributed by atoms with Crippen molar-refractivity contribution < 1.29 is 0 Å². The van der Waals surface area contributed by atoms with Crippen molar-refractivity contribution in [1.29, 1.82) is 0 Å². The van der Waals surface area contributed by atoms with Crippen LogP contribution in [0.3, 0.4) is 0 Å². The second-order valence-electron chi connectivity index (χ2n) is 6.91. The molecule has 0 spiro atoms. The topological polar surface area (TPSA) is 19.4 Å². The molecule has 0 aliphatic carbocycles. The first-order valence-electron chi connectivity index (χ1n) is 11.2. The molecule has 3 nitrogen and oxygen atoms in total. The minimum Gasteiger partial charge on any atom is -0.368 e. The highest BCUT2D eigenvalue weighted by Crippen LogP contribution is 2.26. The molecule has 1 saturated heterocycles. The average Bonchev–Trinajstić information content (AvgIpc) is 2.80. The molecule has 0 unspecified atom stereocenters. The number of pyridine rings is 1. The fourth-order valence-corrected chi connectivity index (χ4v) is 3.73. The second kappa shape index (κ2) is 15.4. The molecular formula is C28H45N3. The summed E-state index contributed by atoms with van der Waals surface area (Å²) in [5.41, 5.74) is 5.21. The van der Waals surface area contributed by atoms with Gasteiger partial charge in [0.15, 0.2) is 0 Å². The maximum atomic E-state index is 4.48. The number of rotatable bonds is 4. The first-order valence-corrected chi connectivity index (χ1v) is 11.2. The molecule has 1 aromatic heterocycles. The van der Waals surface area contributed by atoms with E-state index in [1.54, 1.807) is 0 Å². The summed E-state index contributed by atoms with van der Waals surface area (Å²) in [5, 5.41) is 1.26. The Bertz CT molecular complexity index is 846. The number of nitrogens with zero attached hydrogens (tertiary/aromatic N) is 3. The third kappa shape index (κ3) is 7.99. The quantitative estimate of drug-likeness (QED) is 0.441. The lowest BCUT2D eigenvalue weighted by atomic mass is 10.1. The normalized spacial score (nSPS) is 13.0. The van der Waals surface area contributed by atoms with E-state index in [9.17, 15) is 0 Å². The molecule has 3 heteroatoms. The lowest BCUT2D eigenvalue weighted by molar-refractivity contribution is 0.261. The summed E-state index contributed by atoms with van der Waals surface area (Å²) in [6.45, 7) is 15.7. The summed E-state index contributed by atoms with van der Waals surface area (Å²) in [6, 6.07) is 19.5. The van der Waals surface area contributed by atoms with E-state index in [2.05, 4.69) is 70.2 Å². The largest absolute Gasteiger partial charge is 0.368 e. The number of aromatic nitrogens is 1. The summed E-state index contributed by atoms with van der Waals surface area (Å²) in [6.07, 6.45) is 3.01. The van der Waals surface area contributed by atoms with Crippen LogP contribution in [0.5, 0.6) is 0 Å². The Labute approximate surface area is 192 Å². The molecule has 0 bridgehead atoms. The van der Waals surface area contributed by atoms with Gasteiger partial charge in [-0.25, -0.2) is 0 Å². The maximum Gasteiger partial charge on any atom is 0.0722 e. The number of benzene rings is 2. The molecule has 1 fully saturated rings. The highest BCUT2D eigenvalue weighted by atomic mass is 15.3. The molecule has 3 aromatic rings. The zero-order valence-corrected chi connectivity index (χ0v) is 18.9. The summed E-state index contributed by atoms with van der Waals surface area (Å²) < 4.78 is 0. The van der Waals surface area contributed by atoms with Gasteiger partial charge in [-0.15, -0.1) is 0 Å². The molecule has 31 heavy (non-hydrogen) atoms. The van der Waals surface area contributed by atoms with E-state index in [1.165, 1.54) is 22.2 Å². The minimum absolute atomic E-state index is 0. The standard InChI is InChI=1S/C22H25N3.2C2H6.2CH4/c1-18-5-2-6-19(17-18)10-12-24-13-15-25(16-14-24)22-9-3-8-21-20(22)7-4-11-23-21;2*1-2;;/h2-9,11,17H,10,12-16H2,1H3;2*1-2H3;2*1H4. The summed E-state index contributed by atoms with van der Waals surface area (Å²) in [5.74, 6) is 0. The number of hydrogen-bond donors (Lipinski definition) is 0. The van der Waals surface area contributed by atoms with E-state index in [0.717, 1.165) is 44.7 Å². The Hall–Kier alpha value is -2.39. The molecule has 0 N–H and O–H groups in total. The van der Waals surface area contributed by atoms with Crippen molar-refractivity contribution in [1.82, 2.24) is 9.88 Å². The van der Waals surface area contributed by atoms with Crippen LogP contribution in [-0.4, -0.2) is 42.6 Å². The molecule has 0 amide bonds. The van der Waals surface area contributed by atoms with Gasteiger partial charge in [0.1, 0.15) is 0 Å². The molecule has 0 saturated carbocycles. The Morgan fingerprint density at radius 2 is 1.48 bits per heavy atom. The van der Waals surface area contributed by atoms with Crippen molar-refractivity contribution in [2.24, 2.45) is 0 Å². The van der Waals surface area contributed by atoms with E-state index < -0.39 is 0 Å². The van der Waals surface area contributed by atoms with Crippen molar-refractivity contribution in [3.05, 3.63) is 71.9 Å². The Kier molecular flexibility index (Phi) is 14.2. The number of piperazine rings is 1. The van der Waals surface area contributed by atoms with Crippen LogP contribution in [0.4, 0.5) is 5.69 Å². The van der Waals surface area contributed by atoms with Crippen molar-refractivity contribution in [2.45, 2.75) is 55.9 Å². The summed E-state index contributed by atoms with van der Waals surface area (Å²) in [7, 11) is 0. The lowest BCUT2D eigenvalue weighted by Crippen LogP contribution is -2.47. The smallest absolute Gasteiger partial charge is 0.0722 e. The molecule has 0 atom stereocenters. The van der Waals surface area contributed by atoms with E-state index in [1.807, 2.05) is 40.0 Å². The first kappa shape index (κ1) is 28.6. The SMILES string of the molecule is C.C.CC.CC.Cc1cccc(CCN2CCN(c3cccc4ncccc34)CC2)c1. The third-order valence-electron chi connectivity index (χ3n) is 5.13. The van der Waals surface area contributed by atoms with Crippen molar-refractivity contribution in [3.63, 3.8) is 0 Å². The van der Waals surface area contributed by atoms with Crippen molar-refractivity contribution in [3.8, 4) is 0 Å². The molecular weight excluding hydrogens is 378 g/mol. The molecule has 1 aliphatic heterocycles. The first-order chi connectivity index (χ1) is 14.3. The maximum absolute atomic E-state index is 4.48. The molecule has 0 radical (unpaired) electrons. The van der Waals surface area contributed by atoms with E-state index >= 15 is 0 Å². The Morgan fingerprint density at radius 1 is 0.806 bits per heavy atom. The molecule has 2 aromatic carbocycles. The highest BCUT2D eigenvalue weighted by Gasteiger charge is 2.18. The fraction of sp³-hybridized carbons (Fsp3) is 0.464. The number of aryl methyl sites for hydroxylation is 1. The van der Waals surface area contributed by atoms with Gasteiger partial charge in [0.05, 0.1) is 5.52 Å². The molecule has 2 heterocycles. The van der Waals surface area contributed by atoms with E-state index in [4.69, 9.17) is 0 Å². The molecule has 4 rings (SSSR count). The van der Waals surface area contributed by atoms with Gasteiger partial charge in [-0.3, -0.25) is 9.88 Å². The number of fused-ring (bicyclic) bond motifs is 1. The van der Waals surface area contributed by atoms with Crippen molar-refractivity contribution in [2.75, 3.05) is 37.6 Å². The van der Waals surface area contributed by atoms with Gasteiger partial charge < -0.3 is 4.90 Å². The third-order valence-corrected chi connectivity index (χ3v) is 5.13. The predicted octanol–water partition coefficient (Wildman–Crippen LogP) is 7.23. The van der Waals surface area contributed by atoms with Gasteiger partial charge in [-0.2, -0.15) is 0 Å². The molecule has 172 valence electrons. The van der Waals surface area contributed by atoms with Crippen LogP contribution in [0.25, 0.3) is 10.9 Å². The minimum atomic E-state index is 0. The van der Waals surface area contributed by atoms with Gasteiger partial charge in [-0.1, -0.05) is 78.4 Å². The van der Waals surface area contributed by atoms with Gasteiger partial charge in [-0.05, 0) is 43.2 Å². The van der Waals surface area contributed by atoms with Gasteiger partial charge in [0.25, 0.3) is 0 Å². The monoisotopic (exact) mass is 423 g/mol. The van der Waals surface area contributed by atoms with Gasteiger partial charge in [0.2, 0.25) is 0 Å².